The van der Waals surface area contributed by atoms with Crippen LogP contribution in [0.25, 0.3) is 4.96 Å². The number of aryl methyl sites for hydroxylation is 1. The van der Waals surface area contributed by atoms with Gasteiger partial charge in [-0.3, -0.25) is 9.59 Å². The van der Waals surface area contributed by atoms with Crippen LogP contribution in [0.4, 0.5) is 5.13 Å². The SMILES string of the molecule is Cc1cc(=O)n2nc(N3CCCC(C(=O)O)C3)sc2n1. The van der Waals surface area contributed by atoms with Crippen molar-refractivity contribution in [2.24, 2.45) is 5.92 Å². The van der Waals surface area contributed by atoms with Gasteiger partial charge in [0.15, 0.2) is 0 Å². The Morgan fingerprint density at radius 2 is 2.35 bits per heavy atom. The summed E-state index contributed by atoms with van der Waals surface area (Å²) in [4.78, 5) is 29.7. The van der Waals surface area contributed by atoms with Gasteiger partial charge < -0.3 is 10.0 Å². The predicted octanol–water partition coefficient (Wildman–Crippen LogP) is 0.760. The van der Waals surface area contributed by atoms with Gasteiger partial charge in [-0.15, -0.1) is 5.10 Å². The molecule has 1 saturated heterocycles. The lowest BCUT2D eigenvalue weighted by molar-refractivity contribution is -0.141. The number of hydrogen-bond donors (Lipinski definition) is 1. The fraction of sp³-hybridized carbons (Fsp3) is 0.500. The maximum Gasteiger partial charge on any atom is 0.308 e. The fourth-order valence-electron chi connectivity index (χ4n) is 2.39. The third-order valence-electron chi connectivity index (χ3n) is 3.40. The number of carboxylic acid groups (broad SMARTS) is 1. The molecule has 8 heteroatoms. The number of fused-ring (bicyclic) bond motifs is 1. The third kappa shape index (κ3) is 2.26. The normalized spacial score (nSPS) is 19.4. The van der Waals surface area contributed by atoms with Crippen LogP contribution in [0.15, 0.2) is 10.9 Å². The number of piperidine rings is 1. The summed E-state index contributed by atoms with van der Waals surface area (Å²) in [5.41, 5.74) is 0.453. The highest BCUT2D eigenvalue weighted by atomic mass is 32.1. The number of aliphatic carboxylic acids is 1. The van der Waals surface area contributed by atoms with Gasteiger partial charge in [0, 0.05) is 24.8 Å². The lowest BCUT2D eigenvalue weighted by Crippen LogP contribution is -2.38. The zero-order valence-corrected chi connectivity index (χ0v) is 11.8. The van der Waals surface area contributed by atoms with E-state index in [4.69, 9.17) is 5.11 Å². The number of carbonyl (C=O) groups is 1. The Labute approximate surface area is 118 Å². The molecule has 0 saturated carbocycles. The third-order valence-corrected chi connectivity index (χ3v) is 4.37. The van der Waals surface area contributed by atoms with E-state index in [-0.39, 0.29) is 11.5 Å². The second-order valence-electron chi connectivity index (χ2n) is 4.94. The van der Waals surface area contributed by atoms with Crippen molar-refractivity contribution in [3.05, 3.63) is 22.1 Å². The molecule has 1 fully saturated rings. The summed E-state index contributed by atoms with van der Waals surface area (Å²) in [7, 11) is 0. The van der Waals surface area contributed by atoms with Crippen molar-refractivity contribution in [1.82, 2.24) is 14.6 Å². The van der Waals surface area contributed by atoms with Crippen molar-refractivity contribution >= 4 is 27.4 Å². The molecular formula is C12H14N4O3S. The summed E-state index contributed by atoms with van der Waals surface area (Å²) in [6, 6.07) is 1.44. The number of aromatic nitrogens is 3. The van der Waals surface area contributed by atoms with Gasteiger partial charge in [0.1, 0.15) is 0 Å². The van der Waals surface area contributed by atoms with Crippen LogP contribution in [0.5, 0.6) is 0 Å². The van der Waals surface area contributed by atoms with Crippen LogP contribution >= 0.6 is 11.3 Å². The molecular weight excluding hydrogens is 280 g/mol. The molecule has 0 aromatic carbocycles. The van der Waals surface area contributed by atoms with Crippen LogP contribution in [0.2, 0.25) is 0 Å². The van der Waals surface area contributed by atoms with Gasteiger partial charge in [-0.1, -0.05) is 11.3 Å². The first-order valence-corrected chi connectivity index (χ1v) is 7.21. The Hall–Kier alpha value is -1.96. The molecule has 1 atom stereocenters. The monoisotopic (exact) mass is 294 g/mol. The van der Waals surface area contributed by atoms with Gasteiger partial charge in [0.05, 0.1) is 5.92 Å². The first-order valence-electron chi connectivity index (χ1n) is 6.40. The van der Waals surface area contributed by atoms with E-state index in [1.54, 1.807) is 6.92 Å². The van der Waals surface area contributed by atoms with E-state index >= 15 is 0 Å². The molecule has 0 amide bonds. The van der Waals surface area contributed by atoms with Gasteiger partial charge >= 0.3 is 5.97 Å². The van der Waals surface area contributed by atoms with Gasteiger partial charge in [-0.25, -0.2) is 4.98 Å². The van der Waals surface area contributed by atoms with Crippen molar-refractivity contribution < 1.29 is 9.90 Å². The van der Waals surface area contributed by atoms with E-state index in [1.165, 1.54) is 21.9 Å². The standard InChI is InChI=1S/C12H14N4O3S/c1-7-5-9(17)16-11(13-7)20-12(14-16)15-4-2-3-8(6-15)10(18)19/h5,8H,2-4,6H2,1H3,(H,18,19). The highest BCUT2D eigenvalue weighted by Gasteiger charge is 2.27. The van der Waals surface area contributed by atoms with E-state index in [2.05, 4.69) is 10.1 Å². The molecule has 0 aliphatic carbocycles. The van der Waals surface area contributed by atoms with Crippen LogP contribution in [0.1, 0.15) is 18.5 Å². The van der Waals surface area contributed by atoms with Crippen LogP contribution < -0.4 is 10.5 Å². The summed E-state index contributed by atoms with van der Waals surface area (Å²) in [6.45, 7) is 2.96. The molecule has 0 bridgehead atoms. The molecule has 3 heterocycles. The Balaban J connectivity index is 1.96. The summed E-state index contributed by atoms with van der Waals surface area (Å²) >= 11 is 1.32. The van der Waals surface area contributed by atoms with Gasteiger partial charge in [0.25, 0.3) is 5.56 Å². The predicted molar refractivity (Wildman–Crippen MR) is 74.4 cm³/mol. The van der Waals surface area contributed by atoms with E-state index in [0.717, 1.165) is 13.0 Å². The molecule has 1 aliphatic rings. The second kappa shape index (κ2) is 4.86. The molecule has 2 aromatic heterocycles. The number of carboxylic acids is 1. The Morgan fingerprint density at radius 1 is 1.55 bits per heavy atom. The van der Waals surface area contributed by atoms with Crippen molar-refractivity contribution in [1.29, 1.82) is 0 Å². The quantitative estimate of drug-likeness (QED) is 0.880. The zero-order valence-electron chi connectivity index (χ0n) is 10.9. The van der Waals surface area contributed by atoms with E-state index in [1.807, 2.05) is 4.90 Å². The molecule has 3 rings (SSSR count). The van der Waals surface area contributed by atoms with Crippen molar-refractivity contribution in [3.63, 3.8) is 0 Å². The molecule has 2 aromatic rings. The number of rotatable bonds is 2. The van der Waals surface area contributed by atoms with E-state index < -0.39 is 5.97 Å². The molecule has 1 N–H and O–H groups in total. The molecule has 7 nitrogen and oxygen atoms in total. The minimum atomic E-state index is -0.776. The molecule has 1 aliphatic heterocycles. The number of anilines is 1. The number of nitrogens with zero attached hydrogens (tertiary/aromatic N) is 4. The van der Waals surface area contributed by atoms with Crippen molar-refractivity contribution in [3.8, 4) is 0 Å². The Bertz CT molecular complexity index is 723. The molecule has 106 valence electrons. The van der Waals surface area contributed by atoms with Crippen molar-refractivity contribution in [2.45, 2.75) is 19.8 Å². The summed E-state index contributed by atoms with van der Waals surface area (Å²) < 4.78 is 1.28. The fourth-order valence-corrected chi connectivity index (χ4v) is 3.38. The van der Waals surface area contributed by atoms with Crippen molar-refractivity contribution in [2.75, 3.05) is 18.0 Å². The minimum absolute atomic E-state index is 0.207. The maximum absolute atomic E-state index is 11.8. The lowest BCUT2D eigenvalue weighted by atomic mass is 9.99. The summed E-state index contributed by atoms with van der Waals surface area (Å²) in [6.07, 6.45) is 1.50. The van der Waals surface area contributed by atoms with E-state index in [0.29, 0.717) is 28.8 Å². The minimum Gasteiger partial charge on any atom is -0.481 e. The molecule has 0 radical (unpaired) electrons. The van der Waals surface area contributed by atoms with Gasteiger partial charge in [-0.05, 0) is 19.8 Å². The van der Waals surface area contributed by atoms with Crippen LogP contribution in [-0.2, 0) is 4.79 Å². The van der Waals surface area contributed by atoms with Crippen LogP contribution in [0, 0.1) is 12.8 Å². The van der Waals surface area contributed by atoms with Gasteiger partial charge in [0.2, 0.25) is 10.1 Å². The van der Waals surface area contributed by atoms with E-state index in [9.17, 15) is 9.59 Å². The highest BCUT2D eigenvalue weighted by Crippen LogP contribution is 2.26. The lowest BCUT2D eigenvalue weighted by Gasteiger charge is -2.29. The topological polar surface area (TPSA) is 87.8 Å². The highest BCUT2D eigenvalue weighted by molar-refractivity contribution is 7.20. The largest absolute Gasteiger partial charge is 0.481 e. The maximum atomic E-state index is 11.8. The van der Waals surface area contributed by atoms with Crippen LogP contribution in [-0.4, -0.2) is 38.8 Å². The summed E-state index contributed by atoms with van der Waals surface area (Å²) in [5.74, 6) is -1.15. The second-order valence-corrected chi connectivity index (χ2v) is 5.87. The Kier molecular flexibility index (Phi) is 3.17. The average molecular weight is 294 g/mol. The number of hydrogen-bond acceptors (Lipinski definition) is 6. The first kappa shape index (κ1) is 13.0. The smallest absolute Gasteiger partial charge is 0.308 e. The average Bonchev–Trinajstić information content (AvgIpc) is 2.83. The molecule has 1 unspecified atom stereocenters. The Morgan fingerprint density at radius 3 is 3.10 bits per heavy atom. The first-order chi connectivity index (χ1) is 9.54. The molecule has 20 heavy (non-hydrogen) atoms. The zero-order chi connectivity index (χ0) is 14.3. The molecule has 0 spiro atoms. The van der Waals surface area contributed by atoms with Gasteiger partial charge in [-0.2, -0.15) is 4.52 Å². The van der Waals surface area contributed by atoms with Crippen LogP contribution in [0.3, 0.4) is 0 Å². The summed E-state index contributed by atoms with van der Waals surface area (Å²) in [5, 5.41) is 14.0.